The van der Waals surface area contributed by atoms with E-state index in [1.165, 1.54) is 0 Å². The summed E-state index contributed by atoms with van der Waals surface area (Å²) in [6.45, 7) is 1.70. The highest BCUT2D eigenvalue weighted by molar-refractivity contribution is 5.93. The SMILES string of the molecule is CCCC(O)(O)c1cc(C(=O)O)ccc1C(=O)O. The largest absolute Gasteiger partial charge is 0.478 e. The van der Waals surface area contributed by atoms with E-state index >= 15 is 0 Å². The van der Waals surface area contributed by atoms with Gasteiger partial charge in [-0.3, -0.25) is 0 Å². The topological polar surface area (TPSA) is 115 Å². The number of carboxylic acid groups (broad SMARTS) is 2. The normalized spacial score (nSPS) is 11.3. The fraction of sp³-hybridized carbons (Fsp3) is 0.333. The van der Waals surface area contributed by atoms with E-state index in [0.29, 0.717) is 6.42 Å². The van der Waals surface area contributed by atoms with Crippen LogP contribution in [0.15, 0.2) is 18.2 Å². The van der Waals surface area contributed by atoms with Crippen LogP contribution in [0.1, 0.15) is 46.0 Å². The molecule has 0 heterocycles. The highest BCUT2D eigenvalue weighted by Gasteiger charge is 2.30. The van der Waals surface area contributed by atoms with Gasteiger partial charge in [0.1, 0.15) is 0 Å². The maximum absolute atomic E-state index is 11.0. The molecule has 1 aromatic carbocycles. The first kappa shape index (κ1) is 14.1. The molecule has 0 radical (unpaired) electrons. The van der Waals surface area contributed by atoms with E-state index in [1.807, 2.05) is 0 Å². The number of hydrogen-bond acceptors (Lipinski definition) is 4. The first-order valence-electron chi connectivity index (χ1n) is 5.35. The minimum absolute atomic E-state index is 0.0870. The summed E-state index contributed by atoms with van der Waals surface area (Å²) in [5.41, 5.74) is -0.825. The van der Waals surface area contributed by atoms with Gasteiger partial charge in [-0.15, -0.1) is 0 Å². The standard InChI is InChI=1S/C12H14O6/c1-2-5-12(17,18)9-6-7(10(13)14)3-4-8(9)11(15)16/h3-4,6,17-18H,2,5H2,1H3,(H,13,14)(H,15,16). The van der Waals surface area contributed by atoms with Crippen molar-refractivity contribution in [1.29, 1.82) is 0 Å². The van der Waals surface area contributed by atoms with E-state index in [9.17, 15) is 19.8 Å². The van der Waals surface area contributed by atoms with E-state index in [2.05, 4.69) is 0 Å². The molecule has 0 amide bonds. The summed E-state index contributed by atoms with van der Waals surface area (Å²) in [5.74, 6) is -4.96. The van der Waals surface area contributed by atoms with Gasteiger partial charge in [0.15, 0.2) is 5.79 Å². The van der Waals surface area contributed by atoms with E-state index < -0.39 is 17.7 Å². The van der Waals surface area contributed by atoms with Gasteiger partial charge in [-0.05, 0) is 18.2 Å². The summed E-state index contributed by atoms with van der Waals surface area (Å²) in [6.07, 6.45) is 0.319. The van der Waals surface area contributed by atoms with Crippen molar-refractivity contribution in [3.63, 3.8) is 0 Å². The molecular weight excluding hydrogens is 240 g/mol. The van der Waals surface area contributed by atoms with Crippen molar-refractivity contribution in [2.45, 2.75) is 25.6 Å². The summed E-state index contributed by atoms with van der Waals surface area (Å²) >= 11 is 0. The Kier molecular flexibility index (Phi) is 4.05. The molecule has 6 heteroatoms. The number of aliphatic hydroxyl groups is 2. The zero-order valence-corrected chi connectivity index (χ0v) is 9.75. The van der Waals surface area contributed by atoms with Gasteiger partial charge in [0.2, 0.25) is 0 Å². The molecule has 1 rings (SSSR count). The van der Waals surface area contributed by atoms with Crippen LogP contribution in [0, 0.1) is 0 Å². The first-order valence-corrected chi connectivity index (χ1v) is 5.35. The van der Waals surface area contributed by atoms with Crippen LogP contribution in [-0.2, 0) is 5.79 Å². The van der Waals surface area contributed by atoms with Gasteiger partial charge in [-0.2, -0.15) is 0 Å². The van der Waals surface area contributed by atoms with E-state index in [-0.39, 0.29) is 23.1 Å². The lowest BCUT2D eigenvalue weighted by Gasteiger charge is -2.23. The molecule has 98 valence electrons. The Labute approximate surface area is 103 Å². The van der Waals surface area contributed by atoms with Gasteiger partial charge in [0.25, 0.3) is 0 Å². The Morgan fingerprint density at radius 3 is 2.22 bits per heavy atom. The average Bonchev–Trinajstić information content (AvgIpc) is 2.27. The number of carboxylic acids is 2. The first-order chi connectivity index (χ1) is 8.29. The van der Waals surface area contributed by atoms with Crippen molar-refractivity contribution in [3.05, 3.63) is 34.9 Å². The molecule has 0 saturated heterocycles. The second kappa shape index (κ2) is 5.16. The maximum atomic E-state index is 11.0. The van der Waals surface area contributed by atoms with Crippen LogP contribution in [0.5, 0.6) is 0 Å². The number of aromatic carboxylic acids is 2. The number of rotatable bonds is 5. The van der Waals surface area contributed by atoms with Gasteiger partial charge >= 0.3 is 11.9 Å². The van der Waals surface area contributed by atoms with Crippen LogP contribution >= 0.6 is 0 Å². The molecule has 6 nitrogen and oxygen atoms in total. The lowest BCUT2D eigenvalue weighted by atomic mass is 9.94. The lowest BCUT2D eigenvalue weighted by Crippen LogP contribution is -2.28. The minimum Gasteiger partial charge on any atom is -0.478 e. The molecule has 0 atom stereocenters. The molecular formula is C12H14O6. The van der Waals surface area contributed by atoms with Crippen molar-refractivity contribution in [1.82, 2.24) is 0 Å². The van der Waals surface area contributed by atoms with Gasteiger partial charge in [-0.1, -0.05) is 13.3 Å². The number of hydrogen-bond donors (Lipinski definition) is 4. The third-order valence-corrected chi connectivity index (χ3v) is 2.53. The highest BCUT2D eigenvalue weighted by atomic mass is 16.5. The molecule has 0 aliphatic rings. The van der Waals surface area contributed by atoms with Crippen LogP contribution in [0.2, 0.25) is 0 Å². The van der Waals surface area contributed by atoms with Gasteiger partial charge in [0, 0.05) is 12.0 Å². The fourth-order valence-corrected chi connectivity index (χ4v) is 1.68. The van der Waals surface area contributed by atoms with Crippen LogP contribution < -0.4 is 0 Å². The summed E-state index contributed by atoms with van der Waals surface area (Å²) in [4.78, 5) is 21.8. The summed E-state index contributed by atoms with van der Waals surface area (Å²) in [5, 5.41) is 37.4. The number of carbonyl (C=O) groups is 2. The summed E-state index contributed by atoms with van der Waals surface area (Å²) < 4.78 is 0. The van der Waals surface area contributed by atoms with E-state index in [0.717, 1.165) is 18.2 Å². The molecule has 0 spiro atoms. The molecule has 1 aromatic rings. The Balaban J connectivity index is 3.40. The van der Waals surface area contributed by atoms with E-state index in [4.69, 9.17) is 10.2 Å². The van der Waals surface area contributed by atoms with Crippen LogP contribution in [0.4, 0.5) is 0 Å². The molecule has 0 fully saturated rings. The van der Waals surface area contributed by atoms with Crippen LogP contribution in [0.25, 0.3) is 0 Å². The monoisotopic (exact) mass is 254 g/mol. The molecule has 0 aliphatic heterocycles. The summed E-state index contributed by atoms with van der Waals surface area (Å²) in [7, 11) is 0. The van der Waals surface area contributed by atoms with Crippen LogP contribution in [-0.4, -0.2) is 32.4 Å². The van der Waals surface area contributed by atoms with Gasteiger partial charge in [-0.25, -0.2) is 9.59 Å². The Morgan fingerprint density at radius 1 is 1.17 bits per heavy atom. The van der Waals surface area contributed by atoms with Gasteiger partial charge in [0.05, 0.1) is 11.1 Å². The van der Waals surface area contributed by atoms with E-state index in [1.54, 1.807) is 6.92 Å². The molecule has 0 aliphatic carbocycles. The Bertz CT molecular complexity index is 477. The third kappa shape index (κ3) is 2.85. The van der Waals surface area contributed by atoms with Crippen molar-refractivity contribution >= 4 is 11.9 Å². The predicted molar refractivity (Wildman–Crippen MR) is 61.4 cm³/mol. The highest BCUT2D eigenvalue weighted by Crippen LogP contribution is 2.28. The molecule has 0 unspecified atom stereocenters. The van der Waals surface area contributed by atoms with Crippen molar-refractivity contribution in [3.8, 4) is 0 Å². The maximum Gasteiger partial charge on any atom is 0.336 e. The zero-order valence-electron chi connectivity index (χ0n) is 9.75. The quantitative estimate of drug-likeness (QED) is 0.583. The van der Waals surface area contributed by atoms with Gasteiger partial charge < -0.3 is 20.4 Å². The third-order valence-electron chi connectivity index (χ3n) is 2.53. The Hall–Kier alpha value is -1.92. The lowest BCUT2D eigenvalue weighted by molar-refractivity contribution is -0.175. The minimum atomic E-state index is -2.35. The van der Waals surface area contributed by atoms with Crippen LogP contribution in [0.3, 0.4) is 0 Å². The smallest absolute Gasteiger partial charge is 0.336 e. The summed E-state index contributed by atoms with van der Waals surface area (Å²) in [6, 6.07) is 3.14. The fourth-order valence-electron chi connectivity index (χ4n) is 1.68. The van der Waals surface area contributed by atoms with Crippen molar-refractivity contribution in [2.75, 3.05) is 0 Å². The number of benzene rings is 1. The second-order valence-electron chi connectivity index (χ2n) is 3.94. The van der Waals surface area contributed by atoms with Crippen molar-refractivity contribution in [2.24, 2.45) is 0 Å². The zero-order chi connectivity index (χ0) is 13.9. The average molecular weight is 254 g/mol. The molecule has 4 N–H and O–H groups in total. The predicted octanol–water partition coefficient (Wildman–Crippen LogP) is 1.02. The molecule has 0 saturated carbocycles. The second-order valence-corrected chi connectivity index (χ2v) is 3.94. The molecule has 0 aromatic heterocycles. The molecule has 18 heavy (non-hydrogen) atoms. The van der Waals surface area contributed by atoms with Crippen molar-refractivity contribution < 1.29 is 30.0 Å². The Morgan fingerprint density at radius 2 is 1.78 bits per heavy atom. The molecule has 0 bridgehead atoms.